The fraction of sp³-hybridized carbons (Fsp3) is 0.619. The molecule has 0 radical (unpaired) electrons. The van der Waals surface area contributed by atoms with Crippen LogP contribution in [0.25, 0.3) is 0 Å². The third-order valence-corrected chi connectivity index (χ3v) is 5.92. The second-order valence-corrected chi connectivity index (χ2v) is 7.90. The number of carbonyl (C=O) groups excluding carboxylic acids is 2. The molecule has 2 amide bonds. The molecule has 5 nitrogen and oxygen atoms in total. The summed E-state index contributed by atoms with van der Waals surface area (Å²) in [5.74, 6) is 0.433. The molecule has 0 bridgehead atoms. The van der Waals surface area contributed by atoms with Crippen LogP contribution in [0.15, 0.2) is 18.2 Å². The summed E-state index contributed by atoms with van der Waals surface area (Å²) in [7, 11) is 0. The normalized spacial score (nSPS) is 20.2. The first-order chi connectivity index (χ1) is 12.5. The Kier molecular flexibility index (Phi) is 5.97. The zero-order valence-electron chi connectivity index (χ0n) is 16.0. The van der Waals surface area contributed by atoms with Gasteiger partial charge in [-0.1, -0.05) is 6.07 Å². The van der Waals surface area contributed by atoms with Crippen molar-refractivity contribution in [2.45, 2.75) is 64.5 Å². The van der Waals surface area contributed by atoms with Gasteiger partial charge in [0.15, 0.2) is 0 Å². The molecule has 2 unspecified atom stereocenters. The Labute approximate surface area is 156 Å². The lowest BCUT2D eigenvalue weighted by molar-refractivity contribution is -0.133. The second kappa shape index (κ2) is 8.21. The number of benzene rings is 1. The zero-order chi connectivity index (χ0) is 18.7. The van der Waals surface area contributed by atoms with Crippen LogP contribution in [0.3, 0.4) is 0 Å². The maximum atomic E-state index is 12.7. The molecule has 142 valence electrons. The lowest BCUT2D eigenvalue weighted by Gasteiger charge is -2.35. The first-order valence-corrected chi connectivity index (χ1v) is 9.92. The Hall–Kier alpha value is -1.88. The van der Waals surface area contributed by atoms with Gasteiger partial charge >= 0.3 is 0 Å². The highest BCUT2D eigenvalue weighted by Gasteiger charge is 2.28. The van der Waals surface area contributed by atoms with Crippen molar-refractivity contribution in [3.63, 3.8) is 0 Å². The van der Waals surface area contributed by atoms with E-state index in [0.717, 1.165) is 44.3 Å². The molecule has 0 aromatic heterocycles. The quantitative estimate of drug-likeness (QED) is 0.868. The fourth-order valence-corrected chi connectivity index (χ4v) is 4.19. The Balaban J connectivity index is 1.54. The lowest BCUT2D eigenvalue weighted by atomic mass is 9.89. The third kappa shape index (κ3) is 4.26. The number of nitrogens with zero attached hydrogens (tertiary/aromatic N) is 1. The minimum Gasteiger partial charge on any atom is -0.349 e. The molecule has 3 N–H and O–H groups in total. The van der Waals surface area contributed by atoms with Crippen molar-refractivity contribution in [3.05, 3.63) is 34.9 Å². The van der Waals surface area contributed by atoms with Crippen molar-refractivity contribution in [1.29, 1.82) is 0 Å². The van der Waals surface area contributed by atoms with E-state index in [1.165, 1.54) is 24.0 Å². The van der Waals surface area contributed by atoms with Crippen molar-refractivity contribution in [2.24, 2.45) is 11.7 Å². The number of aryl methyl sites for hydroxylation is 2. The number of nitrogens with one attached hydrogen (secondary N) is 1. The maximum Gasteiger partial charge on any atom is 0.251 e. The largest absolute Gasteiger partial charge is 0.349 e. The molecule has 3 rings (SSSR count). The highest BCUT2D eigenvalue weighted by atomic mass is 16.2. The maximum absolute atomic E-state index is 12.7. The number of fused-ring (bicyclic) bond motifs is 1. The highest BCUT2D eigenvalue weighted by molar-refractivity contribution is 5.94. The van der Waals surface area contributed by atoms with E-state index in [0.29, 0.717) is 5.92 Å². The van der Waals surface area contributed by atoms with Gasteiger partial charge in [-0.05, 0) is 81.5 Å². The Morgan fingerprint density at radius 3 is 2.42 bits per heavy atom. The van der Waals surface area contributed by atoms with Crippen LogP contribution in [0.2, 0.25) is 0 Å². The molecule has 1 aromatic rings. The van der Waals surface area contributed by atoms with Crippen LogP contribution >= 0.6 is 0 Å². The van der Waals surface area contributed by atoms with Crippen LogP contribution < -0.4 is 11.1 Å². The van der Waals surface area contributed by atoms with Crippen molar-refractivity contribution in [2.75, 3.05) is 13.1 Å². The van der Waals surface area contributed by atoms with Gasteiger partial charge in [-0.2, -0.15) is 0 Å². The van der Waals surface area contributed by atoms with E-state index in [-0.39, 0.29) is 17.9 Å². The topological polar surface area (TPSA) is 75.4 Å². The van der Waals surface area contributed by atoms with Gasteiger partial charge in [-0.3, -0.25) is 9.59 Å². The minimum absolute atomic E-state index is 0.0139. The molecule has 0 spiro atoms. The van der Waals surface area contributed by atoms with Crippen LogP contribution in [0.5, 0.6) is 0 Å². The van der Waals surface area contributed by atoms with Crippen LogP contribution in [0.4, 0.5) is 0 Å². The molecular weight excluding hydrogens is 326 g/mol. The number of likely N-dealkylation sites (tertiary alicyclic amines) is 1. The highest BCUT2D eigenvalue weighted by Crippen LogP contribution is 2.24. The number of hydrogen-bond donors (Lipinski definition) is 2. The molecule has 2 atom stereocenters. The van der Waals surface area contributed by atoms with Crippen molar-refractivity contribution < 1.29 is 9.59 Å². The SMILES string of the molecule is CC(N)C(=O)N1CCC(C(C)NC(=O)c2ccc3c(c2)CCCC3)CC1. The van der Waals surface area contributed by atoms with E-state index < -0.39 is 6.04 Å². The van der Waals surface area contributed by atoms with E-state index in [1.807, 2.05) is 11.0 Å². The zero-order valence-corrected chi connectivity index (χ0v) is 16.0. The molecular formula is C21H31N3O2. The van der Waals surface area contributed by atoms with Gasteiger partial charge in [0.1, 0.15) is 0 Å². The van der Waals surface area contributed by atoms with Crippen molar-refractivity contribution in [1.82, 2.24) is 10.2 Å². The van der Waals surface area contributed by atoms with E-state index in [2.05, 4.69) is 24.4 Å². The molecule has 5 heteroatoms. The summed E-state index contributed by atoms with van der Waals surface area (Å²) in [6.45, 7) is 5.26. The number of piperidine rings is 1. The Bertz CT molecular complexity index is 663. The minimum atomic E-state index is -0.437. The molecule has 1 saturated heterocycles. The summed E-state index contributed by atoms with van der Waals surface area (Å²) in [4.78, 5) is 26.5. The molecule has 1 heterocycles. The number of carbonyl (C=O) groups is 2. The molecule has 1 aliphatic carbocycles. The summed E-state index contributed by atoms with van der Waals surface area (Å²) < 4.78 is 0. The van der Waals surface area contributed by atoms with E-state index in [9.17, 15) is 9.59 Å². The Morgan fingerprint density at radius 2 is 1.77 bits per heavy atom. The van der Waals surface area contributed by atoms with Crippen LogP contribution in [0, 0.1) is 5.92 Å². The second-order valence-electron chi connectivity index (χ2n) is 7.90. The predicted octanol–water partition coefficient (Wildman–Crippen LogP) is 2.27. The fourth-order valence-electron chi connectivity index (χ4n) is 4.19. The van der Waals surface area contributed by atoms with E-state index in [1.54, 1.807) is 6.92 Å². The monoisotopic (exact) mass is 357 g/mol. The van der Waals surface area contributed by atoms with Gasteiger partial charge in [0.2, 0.25) is 5.91 Å². The van der Waals surface area contributed by atoms with Gasteiger partial charge in [-0.15, -0.1) is 0 Å². The predicted molar refractivity (Wildman–Crippen MR) is 103 cm³/mol. The molecule has 2 aliphatic rings. The molecule has 1 aliphatic heterocycles. The van der Waals surface area contributed by atoms with Crippen LogP contribution in [-0.2, 0) is 17.6 Å². The van der Waals surface area contributed by atoms with Gasteiger partial charge in [0.25, 0.3) is 5.91 Å². The number of hydrogen-bond acceptors (Lipinski definition) is 3. The summed E-state index contributed by atoms with van der Waals surface area (Å²) in [5, 5.41) is 3.17. The smallest absolute Gasteiger partial charge is 0.251 e. The third-order valence-electron chi connectivity index (χ3n) is 5.92. The Morgan fingerprint density at radius 1 is 1.12 bits per heavy atom. The first kappa shape index (κ1) is 18.9. The van der Waals surface area contributed by atoms with E-state index in [4.69, 9.17) is 5.73 Å². The number of nitrogens with two attached hydrogens (primary N) is 1. The molecule has 26 heavy (non-hydrogen) atoms. The molecule has 1 fully saturated rings. The van der Waals surface area contributed by atoms with Crippen LogP contribution in [0.1, 0.15) is 61.0 Å². The number of amides is 2. The summed E-state index contributed by atoms with van der Waals surface area (Å²) in [5.41, 5.74) is 9.19. The molecule has 1 aromatic carbocycles. The van der Waals surface area contributed by atoms with E-state index >= 15 is 0 Å². The van der Waals surface area contributed by atoms with Gasteiger partial charge < -0.3 is 16.0 Å². The summed E-state index contributed by atoms with van der Waals surface area (Å²) in [6.07, 6.45) is 6.49. The van der Waals surface area contributed by atoms with Gasteiger partial charge in [0.05, 0.1) is 6.04 Å². The average molecular weight is 357 g/mol. The standard InChI is InChI=1S/C21H31N3O2/c1-14(22)21(26)24-11-9-16(10-12-24)15(2)23-20(25)19-8-7-17-5-3-4-6-18(17)13-19/h7-8,13-16H,3-6,9-12,22H2,1-2H3,(H,23,25). The van der Waals surface area contributed by atoms with Crippen molar-refractivity contribution >= 4 is 11.8 Å². The van der Waals surface area contributed by atoms with Gasteiger partial charge in [-0.25, -0.2) is 0 Å². The summed E-state index contributed by atoms with van der Waals surface area (Å²) >= 11 is 0. The average Bonchev–Trinajstić information content (AvgIpc) is 2.67. The summed E-state index contributed by atoms with van der Waals surface area (Å²) in [6, 6.07) is 5.81. The molecule has 0 saturated carbocycles. The lowest BCUT2D eigenvalue weighted by Crippen LogP contribution is -2.49. The van der Waals surface area contributed by atoms with Crippen LogP contribution in [-0.4, -0.2) is 41.9 Å². The van der Waals surface area contributed by atoms with Gasteiger partial charge in [0, 0.05) is 24.7 Å². The number of rotatable bonds is 4. The first-order valence-electron chi connectivity index (χ1n) is 9.92. The van der Waals surface area contributed by atoms with Crippen molar-refractivity contribution in [3.8, 4) is 0 Å².